The van der Waals surface area contributed by atoms with Crippen LogP contribution in [0.2, 0.25) is 0 Å². The van der Waals surface area contributed by atoms with Crippen LogP contribution in [-0.4, -0.2) is 15.0 Å². The number of rotatable bonds is 3. The van der Waals surface area contributed by atoms with Gasteiger partial charge in [-0.15, -0.1) is 0 Å². The maximum Gasteiger partial charge on any atom is 0.164 e. The number of hydrogen-bond acceptors (Lipinski definition) is 6. The zero-order valence-electron chi connectivity index (χ0n) is 20.6. The van der Waals surface area contributed by atoms with Gasteiger partial charge in [0.1, 0.15) is 16.7 Å². The number of nitrogens with zero attached hydrogens (tertiary/aromatic N) is 3. The molecule has 6 heteroatoms. The summed E-state index contributed by atoms with van der Waals surface area (Å²) < 4.78 is 12.3. The molecular formula is C33H20N4O2. The minimum absolute atomic E-state index is 0.555. The van der Waals surface area contributed by atoms with E-state index in [4.69, 9.17) is 29.5 Å². The number of furan rings is 2. The fourth-order valence-corrected chi connectivity index (χ4v) is 5.26. The van der Waals surface area contributed by atoms with E-state index in [-0.39, 0.29) is 0 Å². The van der Waals surface area contributed by atoms with E-state index in [1.807, 2.05) is 103 Å². The fourth-order valence-electron chi connectivity index (χ4n) is 5.26. The normalized spacial score (nSPS) is 11.7. The zero-order valence-corrected chi connectivity index (χ0v) is 20.6. The number of nitrogen functional groups attached to an aromatic ring is 1. The lowest BCUT2D eigenvalue weighted by Crippen LogP contribution is -2.00. The highest BCUT2D eigenvalue weighted by atomic mass is 16.3. The molecule has 39 heavy (non-hydrogen) atoms. The third-order valence-electron chi connectivity index (χ3n) is 7.10. The maximum absolute atomic E-state index is 6.18. The highest BCUT2D eigenvalue weighted by Crippen LogP contribution is 2.37. The number of nitrogens with two attached hydrogens (primary N) is 1. The lowest BCUT2D eigenvalue weighted by molar-refractivity contribution is 0.669. The molecule has 0 bridgehead atoms. The largest absolute Gasteiger partial charge is 0.456 e. The predicted octanol–water partition coefficient (Wildman–Crippen LogP) is 8.25. The van der Waals surface area contributed by atoms with Gasteiger partial charge in [0, 0.05) is 38.2 Å². The molecule has 0 aliphatic heterocycles. The second-order valence-corrected chi connectivity index (χ2v) is 9.49. The zero-order chi connectivity index (χ0) is 25.9. The van der Waals surface area contributed by atoms with Crippen molar-refractivity contribution < 1.29 is 8.83 Å². The van der Waals surface area contributed by atoms with Gasteiger partial charge in [-0.1, -0.05) is 78.9 Å². The molecular weight excluding hydrogens is 484 g/mol. The molecule has 0 aliphatic rings. The highest BCUT2D eigenvalue weighted by molar-refractivity contribution is 6.12. The van der Waals surface area contributed by atoms with E-state index in [2.05, 4.69) is 6.07 Å². The molecule has 2 N–H and O–H groups in total. The molecule has 0 spiro atoms. The number of para-hydroxylation sites is 2. The minimum Gasteiger partial charge on any atom is -0.456 e. The van der Waals surface area contributed by atoms with Gasteiger partial charge in [-0.05, 0) is 30.3 Å². The average Bonchev–Trinajstić information content (AvgIpc) is 3.56. The van der Waals surface area contributed by atoms with Crippen molar-refractivity contribution >= 4 is 49.6 Å². The van der Waals surface area contributed by atoms with E-state index < -0.39 is 0 Å². The van der Waals surface area contributed by atoms with Crippen molar-refractivity contribution in [1.29, 1.82) is 0 Å². The second-order valence-electron chi connectivity index (χ2n) is 9.49. The monoisotopic (exact) mass is 504 g/mol. The third kappa shape index (κ3) is 3.39. The van der Waals surface area contributed by atoms with E-state index in [1.165, 1.54) is 0 Å². The predicted molar refractivity (Wildman–Crippen MR) is 155 cm³/mol. The standard InChI is InChI=1S/C33H20N4O2/c34-25-13-6-11-22-21-17-16-20(18-28(21)39-30(22)25)32-35-31(19-8-2-1-3-9-19)36-33(37-32)24-12-7-15-27-29(24)23-10-4-5-14-26(23)38-27/h1-18H,34H2. The summed E-state index contributed by atoms with van der Waals surface area (Å²) in [5.74, 6) is 1.72. The van der Waals surface area contributed by atoms with E-state index >= 15 is 0 Å². The topological polar surface area (TPSA) is 91.0 Å². The number of aromatic nitrogens is 3. The summed E-state index contributed by atoms with van der Waals surface area (Å²) in [5.41, 5.74) is 12.4. The molecule has 5 aromatic carbocycles. The maximum atomic E-state index is 6.18. The SMILES string of the molecule is Nc1cccc2c1oc1cc(-c3nc(-c4ccccc4)nc(-c4cccc5oc6ccccc6c45)n3)ccc12. The molecule has 0 saturated carbocycles. The van der Waals surface area contributed by atoms with Gasteiger partial charge in [-0.3, -0.25) is 0 Å². The van der Waals surface area contributed by atoms with Gasteiger partial charge in [0.15, 0.2) is 23.1 Å². The van der Waals surface area contributed by atoms with E-state index in [1.54, 1.807) is 0 Å². The van der Waals surface area contributed by atoms with Crippen LogP contribution in [0.3, 0.4) is 0 Å². The molecule has 0 amide bonds. The first-order chi connectivity index (χ1) is 19.2. The molecule has 3 aromatic heterocycles. The molecule has 6 nitrogen and oxygen atoms in total. The summed E-state index contributed by atoms with van der Waals surface area (Å²) in [4.78, 5) is 14.8. The van der Waals surface area contributed by atoms with E-state index in [0.29, 0.717) is 28.7 Å². The number of benzene rings is 5. The van der Waals surface area contributed by atoms with Crippen LogP contribution in [0.4, 0.5) is 5.69 Å². The summed E-state index contributed by atoms with van der Waals surface area (Å²) in [7, 11) is 0. The van der Waals surface area contributed by atoms with Crippen LogP contribution >= 0.6 is 0 Å². The van der Waals surface area contributed by atoms with Gasteiger partial charge < -0.3 is 14.6 Å². The minimum atomic E-state index is 0.555. The number of hydrogen-bond donors (Lipinski definition) is 1. The summed E-state index contributed by atoms with van der Waals surface area (Å²) in [6.45, 7) is 0. The van der Waals surface area contributed by atoms with Crippen LogP contribution in [0.15, 0.2) is 118 Å². The quantitative estimate of drug-likeness (QED) is 0.244. The van der Waals surface area contributed by atoms with Crippen LogP contribution in [0, 0.1) is 0 Å². The Kier molecular flexibility index (Phi) is 4.57. The van der Waals surface area contributed by atoms with Crippen LogP contribution in [0.1, 0.15) is 0 Å². The fraction of sp³-hybridized carbons (Fsp3) is 0. The second kappa shape index (κ2) is 8.26. The molecule has 8 rings (SSSR count). The van der Waals surface area contributed by atoms with Crippen LogP contribution in [0.25, 0.3) is 78.0 Å². The van der Waals surface area contributed by atoms with Crippen LogP contribution < -0.4 is 5.73 Å². The molecule has 0 atom stereocenters. The molecule has 184 valence electrons. The van der Waals surface area contributed by atoms with Gasteiger partial charge in [-0.2, -0.15) is 0 Å². The molecule has 0 unspecified atom stereocenters. The molecule has 0 aliphatic carbocycles. The van der Waals surface area contributed by atoms with Crippen molar-refractivity contribution in [3.05, 3.63) is 109 Å². The Morgan fingerprint density at radius 3 is 2.10 bits per heavy atom. The summed E-state index contributed by atoms with van der Waals surface area (Å²) in [6.07, 6.45) is 0. The van der Waals surface area contributed by atoms with Crippen LogP contribution in [0.5, 0.6) is 0 Å². The Labute approximate surface area is 222 Å². The van der Waals surface area contributed by atoms with Gasteiger partial charge in [0.2, 0.25) is 0 Å². The van der Waals surface area contributed by atoms with E-state index in [0.717, 1.165) is 55.0 Å². The Balaban J connectivity index is 1.39. The Bertz CT molecular complexity index is 2200. The van der Waals surface area contributed by atoms with Crippen molar-refractivity contribution in [2.75, 3.05) is 5.73 Å². The Morgan fingerprint density at radius 1 is 0.487 bits per heavy atom. The Hall–Kier alpha value is -5.49. The summed E-state index contributed by atoms with van der Waals surface area (Å²) in [5, 5.41) is 3.98. The number of fused-ring (bicyclic) bond motifs is 6. The van der Waals surface area contributed by atoms with Gasteiger partial charge >= 0.3 is 0 Å². The van der Waals surface area contributed by atoms with Crippen LogP contribution in [-0.2, 0) is 0 Å². The van der Waals surface area contributed by atoms with Crippen molar-refractivity contribution in [2.45, 2.75) is 0 Å². The van der Waals surface area contributed by atoms with Crippen molar-refractivity contribution in [3.8, 4) is 34.2 Å². The molecule has 0 saturated heterocycles. The van der Waals surface area contributed by atoms with Crippen molar-refractivity contribution in [2.24, 2.45) is 0 Å². The van der Waals surface area contributed by atoms with E-state index in [9.17, 15) is 0 Å². The highest BCUT2D eigenvalue weighted by Gasteiger charge is 2.18. The molecule has 8 aromatic rings. The average molecular weight is 505 g/mol. The lowest BCUT2D eigenvalue weighted by atomic mass is 10.1. The van der Waals surface area contributed by atoms with Gasteiger partial charge in [-0.25, -0.2) is 15.0 Å². The Morgan fingerprint density at radius 2 is 1.21 bits per heavy atom. The molecule has 0 radical (unpaired) electrons. The lowest BCUT2D eigenvalue weighted by Gasteiger charge is -2.09. The first kappa shape index (κ1) is 21.6. The summed E-state index contributed by atoms with van der Waals surface area (Å²) >= 11 is 0. The third-order valence-corrected chi connectivity index (χ3v) is 7.10. The van der Waals surface area contributed by atoms with Gasteiger partial charge in [0.25, 0.3) is 0 Å². The van der Waals surface area contributed by atoms with Crippen molar-refractivity contribution in [3.63, 3.8) is 0 Å². The van der Waals surface area contributed by atoms with Gasteiger partial charge in [0.05, 0.1) is 5.69 Å². The number of anilines is 1. The summed E-state index contributed by atoms with van der Waals surface area (Å²) in [6, 6.07) is 35.7. The first-order valence-electron chi connectivity index (χ1n) is 12.7. The smallest absolute Gasteiger partial charge is 0.164 e. The molecule has 0 fully saturated rings. The molecule has 3 heterocycles. The first-order valence-corrected chi connectivity index (χ1v) is 12.7. The van der Waals surface area contributed by atoms with Crippen molar-refractivity contribution in [1.82, 2.24) is 15.0 Å².